The summed E-state index contributed by atoms with van der Waals surface area (Å²) in [6.07, 6.45) is 0. The van der Waals surface area contributed by atoms with Gasteiger partial charge in [-0.25, -0.2) is 4.79 Å². The highest BCUT2D eigenvalue weighted by Crippen LogP contribution is 2.32. The van der Waals surface area contributed by atoms with Crippen LogP contribution < -0.4 is 15.8 Å². The van der Waals surface area contributed by atoms with Gasteiger partial charge in [-0.3, -0.25) is 14.4 Å². The Hall–Kier alpha value is -4.46. The molecule has 1 aliphatic carbocycles. The fourth-order valence-electron chi connectivity index (χ4n) is 3.71. The molecule has 4 rings (SSSR count). The quantitative estimate of drug-likeness (QED) is 0.248. The Bertz CT molecular complexity index is 1310. The smallest absolute Gasteiger partial charge is 0.340 e. The number of nitrogens with one attached hydrogen (secondary N) is 1. The van der Waals surface area contributed by atoms with E-state index in [9.17, 15) is 19.2 Å². The standard InChI is InChI=1S/C26H22N2O6/c1-15-5-4-6-16(13-15)33-12-11-28-21(29)14-34-26(32)20-10-9-19-22(23(20)27)25(31)18-8-3-2-7-17(18)24(19)30/h2-10,13H,11-12,14,27H2,1H3,(H,28,29). The average Bonchev–Trinajstić information content (AvgIpc) is 2.83. The molecule has 172 valence electrons. The Kier molecular flexibility index (Phi) is 6.40. The van der Waals surface area contributed by atoms with E-state index >= 15 is 0 Å². The summed E-state index contributed by atoms with van der Waals surface area (Å²) >= 11 is 0. The molecule has 1 aliphatic rings. The van der Waals surface area contributed by atoms with Crippen molar-refractivity contribution in [2.45, 2.75) is 6.92 Å². The topological polar surface area (TPSA) is 125 Å². The van der Waals surface area contributed by atoms with Crippen LogP contribution in [0.1, 0.15) is 47.8 Å². The van der Waals surface area contributed by atoms with Gasteiger partial charge >= 0.3 is 5.97 Å². The molecule has 8 nitrogen and oxygen atoms in total. The monoisotopic (exact) mass is 458 g/mol. The predicted molar refractivity (Wildman–Crippen MR) is 124 cm³/mol. The summed E-state index contributed by atoms with van der Waals surface area (Å²) < 4.78 is 10.6. The van der Waals surface area contributed by atoms with Crippen molar-refractivity contribution >= 4 is 29.1 Å². The van der Waals surface area contributed by atoms with Crippen molar-refractivity contribution in [3.63, 3.8) is 0 Å². The molecule has 0 aromatic heterocycles. The number of esters is 1. The van der Waals surface area contributed by atoms with Gasteiger partial charge in [-0.05, 0) is 36.8 Å². The lowest BCUT2D eigenvalue weighted by Gasteiger charge is -2.20. The van der Waals surface area contributed by atoms with Crippen LogP contribution in [0.3, 0.4) is 0 Å². The SMILES string of the molecule is Cc1cccc(OCCNC(=O)COC(=O)c2ccc3c(c2N)C(=O)c2ccccc2C3=O)c1. The van der Waals surface area contributed by atoms with Gasteiger partial charge in [0.2, 0.25) is 0 Å². The van der Waals surface area contributed by atoms with Crippen molar-refractivity contribution in [2.75, 3.05) is 25.5 Å². The lowest BCUT2D eigenvalue weighted by molar-refractivity contribution is -0.124. The summed E-state index contributed by atoms with van der Waals surface area (Å²) in [5.41, 5.74) is 7.53. The van der Waals surface area contributed by atoms with Gasteiger partial charge in [0, 0.05) is 16.7 Å². The Morgan fingerprint density at radius 1 is 0.912 bits per heavy atom. The van der Waals surface area contributed by atoms with Gasteiger partial charge in [-0.1, -0.05) is 36.4 Å². The van der Waals surface area contributed by atoms with Gasteiger partial charge in [-0.15, -0.1) is 0 Å². The van der Waals surface area contributed by atoms with Gasteiger partial charge in [-0.2, -0.15) is 0 Å². The number of nitrogens with two attached hydrogens (primary N) is 1. The van der Waals surface area contributed by atoms with Gasteiger partial charge in [0.15, 0.2) is 18.2 Å². The number of nitrogen functional groups attached to an aromatic ring is 1. The highest BCUT2D eigenvalue weighted by molar-refractivity contribution is 6.30. The van der Waals surface area contributed by atoms with E-state index in [1.54, 1.807) is 18.2 Å². The van der Waals surface area contributed by atoms with E-state index in [0.29, 0.717) is 5.75 Å². The lowest BCUT2D eigenvalue weighted by atomic mass is 9.82. The molecular weight excluding hydrogens is 436 g/mol. The molecule has 0 saturated carbocycles. The van der Waals surface area contributed by atoms with Crippen molar-refractivity contribution in [3.8, 4) is 5.75 Å². The molecular formula is C26H22N2O6. The summed E-state index contributed by atoms with van der Waals surface area (Å²) in [4.78, 5) is 50.2. The van der Waals surface area contributed by atoms with E-state index in [-0.39, 0.29) is 52.4 Å². The zero-order valence-corrected chi connectivity index (χ0v) is 18.4. The molecule has 0 unspecified atom stereocenters. The van der Waals surface area contributed by atoms with Crippen molar-refractivity contribution < 1.29 is 28.7 Å². The van der Waals surface area contributed by atoms with Gasteiger partial charge in [0.25, 0.3) is 5.91 Å². The number of rotatable bonds is 7. The molecule has 3 aromatic rings. The van der Waals surface area contributed by atoms with Crippen LogP contribution in [0.25, 0.3) is 0 Å². The summed E-state index contributed by atoms with van der Waals surface area (Å²) in [5, 5.41) is 2.59. The Morgan fingerprint density at radius 3 is 2.38 bits per heavy atom. The minimum absolute atomic E-state index is 0.0316. The van der Waals surface area contributed by atoms with Crippen LogP contribution in [0, 0.1) is 6.92 Å². The largest absolute Gasteiger partial charge is 0.492 e. The number of ether oxygens (including phenoxy) is 2. The molecule has 0 atom stereocenters. The Labute approximate surface area is 195 Å². The summed E-state index contributed by atoms with van der Waals surface area (Å²) in [7, 11) is 0. The van der Waals surface area contributed by atoms with E-state index in [1.807, 2.05) is 31.2 Å². The second-order valence-corrected chi connectivity index (χ2v) is 7.74. The maximum Gasteiger partial charge on any atom is 0.340 e. The third-order valence-electron chi connectivity index (χ3n) is 5.37. The fourth-order valence-corrected chi connectivity index (χ4v) is 3.71. The van der Waals surface area contributed by atoms with Crippen molar-refractivity contribution in [1.29, 1.82) is 0 Å². The Morgan fingerprint density at radius 2 is 1.65 bits per heavy atom. The molecule has 0 radical (unpaired) electrons. The number of aryl methyl sites for hydroxylation is 1. The van der Waals surface area contributed by atoms with Crippen LogP contribution >= 0.6 is 0 Å². The zero-order valence-electron chi connectivity index (χ0n) is 18.4. The first-order valence-corrected chi connectivity index (χ1v) is 10.6. The molecule has 0 heterocycles. The fraction of sp³-hybridized carbons (Fsp3) is 0.154. The normalized spacial score (nSPS) is 11.9. The number of amides is 1. The number of fused-ring (bicyclic) bond motifs is 2. The molecule has 1 amide bonds. The number of anilines is 1. The maximum absolute atomic E-state index is 12.9. The highest BCUT2D eigenvalue weighted by atomic mass is 16.5. The van der Waals surface area contributed by atoms with E-state index in [2.05, 4.69) is 5.32 Å². The third-order valence-corrected chi connectivity index (χ3v) is 5.37. The van der Waals surface area contributed by atoms with E-state index in [1.165, 1.54) is 18.2 Å². The van der Waals surface area contributed by atoms with Crippen LogP contribution in [0.5, 0.6) is 5.75 Å². The van der Waals surface area contributed by atoms with Crippen LogP contribution in [-0.2, 0) is 9.53 Å². The molecule has 0 spiro atoms. The van der Waals surface area contributed by atoms with Crippen LogP contribution in [0.2, 0.25) is 0 Å². The number of hydrogen-bond acceptors (Lipinski definition) is 7. The zero-order chi connectivity index (χ0) is 24.2. The maximum atomic E-state index is 12.9. The lowest BCUT2D eigenvalue weighted by Crippen LogP contribution is -2.32. The number of benzene rings is 3. The number of hydrogen-bond donors (Lipinski definition) is 2. The molecule has 3 aromatic carbocycles. The molecule has 3 N–H and O–H groups in total. The Balaban J connectivity index is 1.35. The first-order chi connectivity index (χ1) is 16.4. The molecule has 0 aliphatic heterocycles. The predicted octanol–water partition coefficient (Wildman–Crippen LogP) is 2.70. The van der Waals surface area contributed by atoms with Crippen molar-refractivity contribution in [3.05, 3.63) is 94.0 Å². The van der Waals surface area contributed by atoms with Crippen molar-refractivity contribution in [2.24, 2.45) is 0 Å². The van der Waals surface area contributed by atoms with E-state index in [4.69, 9.17) is 15.2 Å². The van der Waals surface area contributed by atoms with Crippen LogP contribution in [0.15, 0.2) is 60.7 Å². The molecule has 0 fully saturated rings. The summed E-state index contributed by atoms with van der Waals surface area (Å²) in [6, 6.07) is 16.6. The number of carbonyl (C=O) groups is 4. The summed E-state index contributed by atoms with van der Waals surface area (Å²) in [5.74, 6) is -1.48. The average molecular weight is 458 g/mol. The first-order valence-electron chi connectivity index (χ1n) is 10.6. The molecule has 34 heavy (non-hydrogen) atoms. The van der Waals surface area contributed by atoms with Gasteiger partial charge < -0.3 is 20.5 Å². The van der Waals surface area contributed by atoms with E-state index < -0.39 is 24.3 Å². The minimum atomic E-state index is -0.870. The van der Waals surface area contributed by atoms with E-state index in [0.717, 1.165) is 5.56 Å². The second kappa shape index (κ2) is 9.58. The van der Waals surface area contributed by atoms with Gasteiger partial charge in [0.1, 0.15) is 12.4 Å². The third kappa shape index (κ3) is 4.52. The first kappa shape index (κ1) is 22.7. The van der Waals surface area contributed by atoms with Crippen LogP contribution in [-0.4, -0.2) is 43.2 Å². The van der Waals surface area contributed by atoms with Gasteiger partial charge in [0.05, 0.1) is 23.4 Å². The highest BCUT2D eigenvalue weighted by Gasteiger charge is 2.33. The molecule has 8 heteroatoms. The number of ketones is 2. The van der Waals surface area contributed by atoms with Crippen LogP contribution in [0.4, 0.5) is 5.69 Å². The second-order valence-electron chi connectivity index (χ2n) is 7.74. The minimum Gasteiger partial charge on any atom is -0.492 e. The molecule has 0 bridgehead atoms. The summed E-state index contributed by atoms with van der Waals surface area (Å²) in [6.45, 7) is 1.89. The van der Waals surface area contributed by atoms with Crippen molar-refractivity contribution in [1.82, 2.24) is 5.32 Å². The number of carbonyl (C=O) groups excluding carboxylic acids is 4. The molecule has 0 saturated heterocycles.